The topological polar surface area (TPSA) is 84.6 Å². The molecule has 3 aromatic rings. The number of nitro benzene ring substituents is 1. The van der Waals surface area contributed by atoms with Gasteiger partial charge in [-0.05, 0) is 41.6 Å². The first-order valence-corrected chi connectivity index (χ1v) is 8.65. The molecule has 0 saturated carbocycles. The van der Waals surface area contributed by atoms with Crippen LogP contribution in [0.1, 0.15) is 20.8 Å². The summed E-state index contributed by atoms with van der Waals surface area (Å²) in [5.74, 6) is -0.297. The van der Waals surface area contributed by atoms with Gasteiger partial charge in [0.15, 0.2) is 0 Å². The number of carbonyl (C=O) groups is 1. The highest BCUT2D eigenvalue weighted by Crippen LogP contribution is 2.28. The van der Waals surface area contributed by atoms with E-state index in [1.165, 1.54) is 29.7 Å². The van der Waals surface area contributed by atoms with Crippen LogP contribution in [-0.4, -0.2) is 17.0 Å². The smallest absolute Gasteiger partial charge is 0.266 e. The highest BCUT2D eigenvalue weighted by atomic mass is 32.1. The number of rotatable bonds is 5. The average Bonchev–Trinajstić information content (AvgIpc) is 3.12. The van der Waals surface area contributed by atoms with Crippen molar-refractivity contribution in [2.75, 3.05) is 0 Å². The molecule has 0 fully saturated rings. The Bertz CT molecular complexity index is 960. The molecule has 1 aromatic heterocycles. The molecule has 0 aliphatic rings. The number of nitrogens with zero attached hydrogens (tertiary/aromatic N) is 2. The summed E-state index contributed by atoms with van der Waals surface area (Å²) in [4.78, 5) is 23.1. The van der Waals surface area contributed by atoms with Crippen molar-refractivity contribution in [1.82, 2.24) is 5.43 Å². The second-order valence-electron chi connectivity index (χ2n) is 5.58. The van der Waals surface area contributed by atoms with Crippen LogP contribution in [0.4, 0.5) is 5.69 Å². The summed E-state index contributed by atoms with van der Waals surface area (Å²) in [6.45, 7) is 2.01. The Hall–Kier alpha value is -3.32. The van der Waals surface area contributed by atoms with Gasteiger partial charge in [0, 0.05) is 17.7 Å². The molecule has 0 bridgehead atoms. The number of nitrogens with one attached hydrogen (secondary N) is 1. The van der Waals surface area contributed by atoms with Crippen molar-refractivity contribution in [2.45, 2.75) is 6.92 Å². The molecular weight excluding hydrogens is 350 g/mol. The normalized spacial score (nSPS) is 10.8. The standard InChI is InChI=1S/C19H15N3O3S/c1-13-2-6-15(7-3-13)17-10-11-26-18(17)19(23)21-20-12-14-4-8-16(9-5-14)22(24)25/h2-12H,1H3,(H,21,23)/b20-12-. The Morgan fingerprint density at radius 3 is 2.46 bits per heavy atom. The number of amides is 1. The fraction of sp³-hybridized carbons (Fsp3) is 0.0526. The van der Waals surface area contributed by atoms with Gasteiger partial charge in [0.25, 0.3) is 11.6 Å². The van der Waals surface area contributed by atoms with E-state index in [0.29, 0.717) is 10.4 Å². The Morgan fingerprint density at radius 1 is 1.12 bits per heavy atom. The summed E-state index contributed by atoms with van der Waals surface area (Å²) in [5.41, 5.74) is 6.15. The van der Waals surface area contributed by atoms with Crippen LogP contribution in [0, 0.1) is 17.0 Å². The van der Waals surface area contributed by atoms with E-state index in [1.54, 1.807) is 12.1 Å². The van der Waals surface area contributed by atoms with Crippen molar-refractivity contribution >= 4 is 29.1 Å². The monoisotopic (exact) mass is 365 g/mol. The van der Waals surface area contributed by atoms with Gasteiger partial charge in [0.2, 0.25) is 0 Å². The molecule has 1 amide bonds. The molecule has 6 nitrogen and oxygen atoms in total. The van der Waals surface area contributed by atoms with E-state index in [-0.39, 0.29) is 11.6 Å². The van der Waals surface area contributed by atoms with Gasteiger partial charge < -0.3 is 0 Å². The third kappa shape index (κ3) is 4.01. The van der Waals surface area contributed by atoms with Crippen molar-refractivity contribution in [3.8, 4) is 11.1 Å². The first-order valence-electron chi connectivity index (χ1n) is 7.77. The van der Waals surface area contributed by atoms with Crippen molar-refractivity contribution in [3.05, 3.63) is 86.1 Å². The third-order valence-corrected chi connectivity index (χ3v) is 4.63. The molecule has 7 heteroatoms. The average molecular weight is 365 g/mol. The Labute approximate surface area is 154 Å². The minimum atomic E-state index is -0.466. The number of hydrogen-bond donors (Lipinski definition) is 1. The largest absolute Gasteiger partial charge is 0.282 e. The molecule has 0 aliphatic heterocycles. The number of benzene rings is 2. The molecule has 0 saturated heterocycles. The first-order chi connectivity index (χ1) is 12.5. The van der Waals surface area contributed by atoms with Crippen LogP contribution in [0.15, 0.2) is 65.1 Å². The molecule has 0 radical (unpaired) electrons. The molecule has 0 atom stereocenters. The first kappa shape index (κ1) is 17.5. The van der Waals surface area contributed by atoms with Crippen LogP contribution >= 0.6 is 11.3 Å². The predicted molar refractivity (Wildman–Crippen MR) is 103 cm³/mol. The van der Waals surface area contributed by atoms with Gasteiger partial charge in [-0.1, -0.05) is 29.8 Å². The maximum atomic E-state index is 12.4. The molecule has 1 heterocycles. The number of aryl methyl sites for hydroxylation is 1. The lowest BCUT2D eigenvalue weighted by Crippen LogP contribution is -2.17. The summed E-state index contributed by atoms with van der Waals surface area (Å²) in [6.07, 6.45) is 1.45. The SMILES string of the molecule is Cc1ccc(-c2ccsc2C(=O)N/N=C\c2ccc([N+](=O)[O-])cc2)cc1. The quantitative estimate of drug-likeness (QED) is 0.413. The maximum Gasteiger partial charge on any atom is 0.282 e. The fourth-order valence-electron chi connectivity index (χ4n) is 2.34. The van der Waals surface area contributed by atoms with Crippen LogP contribution in [0.3, 0.4) is 0 Å². The lowest BCUT2D eigenvalue weighted by molar-refractivity contribution is -0.384. The van der Waals surface area contributed by atoms with E-state index >= 15 is 0 Å². The zero-order valence-electron chi connectivity index (χ0n) is 13.9. The third-order valence-electron chi connectivity index (χ3n) is 3.72. The van der Waals surface area contributed by atoms with Gasteiger partial charge in [-0.25, -0.2) is 5.43 Å². The van der Waals surface area contributed by atoms with Gasteiger partial charge in [0.05, 0.1) is 11.1 Å². The number of thiophene rings is 1. The summed E-state index contributed by atoms with van der Waals surface area (Å²) in [7, 11) is 0. The maximum absolute atomic E-state index is 12.4. The van der Waals surface area contributed by atoms with Gasteiger partial charge in [-0.2, -0.15) is 5.10 Å². The van der Waals surface area contributed by atoms with Crippen molar-refractivity contribution < 1.29 is 9.72 Å². The van der Waals surface area contributed by atoms with E-state index < -0.39 is 4.92 Å². The zero-order valence-corrected chi connectivity index (χ0v) is 14.7. The van der Waals surface area contributed by atoms with Gasteiger partial charge in [0.1, 0.15) is 4.88 Å². The van der Waals surface area contributed by atoms with Crippen LogP contribution in [-0.2, 0) is 0 Å². The molecule has 130 valence electrons. The molecule has 26 heavy (non-hydrogen) atoms. The summed E-state index contributed by atoms with van der Waals surface area (Å²) in [6, 6.07) is 15.8. The summed E-state index contributed by atoms with van der Waals surface area (Å²) < 4.78 is 0. The number of non-ortho nitro benzene ring substituents is 1. The Morgan fingerprint density at radius 2 is 1.81 bits per heavy atom. The van der Waals surface area contributed by atoms with Crippen molar-refractivity contribution in [2.24, 2.45) is 5.10 Å². The van der Waals surface area contributed by atoms with Crippen LogP contribution in [0.2, 0.25) is 0 Å². The number of carbonyl (C=O) groups excluding carboxylic acids is 1. The van der Waals surface area contributed by atoms with Gasteiger partial charge in [-0.3, -0.25) is 14.9 Å². The second-order valence-corrected chi connectivity index (χ2v) is 6.49. The molecule has 0 spiro atoms. The van der Waals surface area contributed by atoms with Crippen LogP contribution in [0.5, 0.6) is 0 Å². The molecular formula is C19H15N3O3S. The lowest BCUT2D eigenvalue weighted by atomic mass is 10.1. The van der Waals surface area contributed by atoms with E-state index in [1.807, 2.05) is 42.6 Å². The van der Waals surface area contributed by atoms with E-state index in [0.717, 1.165) is 16.7 Å². The molecule has 0 unspecified atom stereocenters. The number of hydrazone groups is 1. The van der Waals surface area contributed by atoms with Crippen molar-refractivity contribution in [1.29, 1.82) is 0 Å². The molecule has 2 aromatic carbocycles. The van der Waals surface area contributed by atoms with Crippen LogP contribution < -0.4 is 5.43 Å². The fourth-order valence-corrected chi connectivity index (χ4v) is 3.15. The number of nitro groups is 1. The van der Waals surface area contributed by atoms with Gasteiger partial charge in [-0.15, -0.1) is 11.3 Å². The molecule has 0 aliphatic carbocycles. The van der Waals surface area contributed by atoms with E-state index in [4.69, 9.17) is 0 Å². The minimum Gasteiger partial charge on any atom is -0.266 e. The van der Waals surface area contributed by atoms with Crippen molar-refractivity contribution in [3.63, 3.8) is 0 Å². The second kappa shape index (κ2) is 7.71. The van der Waals surface area contributed by atoms with Gasteiger partial charge >= 0.3 is 0 Å². The number of hydrogen-bond acceptors (Lipinski definition) is 5. The Balaban J connectivity index is 1.70. The Kier molecular flexibility index (Phi) is 5.19. The summed E-state index contributed by atoms with van der Waals surface area (Å²) >= 11 is 1.35. The lowest BCUT2D eigenvalue weighted by Gasteiger charge is -2.03. The highest BCUT2D eigenvalue weighted by molar-refractivity contribution is 7.12. The predicted octanol–water partition coefficient (Wildman–Crippen LogP) is 4.40. The minimum absolute atomic E-state index is 0.00695. The highest BCUT2D eigenvalue weighted by Gasteiger charge is 2.14. The van der Waals surface area contributed by atoms with E-state index in [2.05, 4.69) is 10.5 Å². The molecule has 1 N–H and O–H groups in total. The zero-order chi connectivity index (χ0) is 18.5. The van der Waals surface area contributed by atoms with E-state index in [9.17, 15) is 14.9 Å². The molecule has 3 rings (SSSR count). The van der Waals surface area contributed by atoms with Crippen LogP contribution in [0.25, 0.3) is 11.1 Å². The summed E-state index contributed by atoms with van der Waals surface area (Å²) in [5, 5.41) is 16.4.